The number of aryl methyl sites for hydroxylation is 1. The Bertz CT molecular complexity index is 1270. The van der Waals surface area contributed by atoms with Crippen LogP contribution in [-0.4, -0.2) is 37.2 Å². The number of hydrogen-bond acceptors (Lipinski definition) is 6. The molecular formula is C25H29N5O3S. The molecule has 0 bridgehead atoms. The first-order valence-electron chi connectivity index (χ1n) is 11.3. The number of amides is 2. The Morgan fingerprint density at radius 2 is 1.97 bits per heavy atom. The summed E-state index contributed by atoms with van der Waals surface area (Å²) in [5.74, 6) is 0.561. The van der Waals surface area contributed by atoms with Crippen molar-refractivity contribution in [3.8, 4) is 0 Å². The molecule has 0 aliphatic heterocycles. The summed E-state index contributed by atoms with van der Waals surface area (Å²) in [4.78, 5) is 29.9. The number of carbonyl (C=O) groups is 2. The van der Waals surface area contributed by atoms with Crippen molar-refractivity contribution in [2.45, 2.75) is 58.8 Å². The smallest absolute Gasteiger partial charge is 0.251 e. The lowest BCUT2D eigenvalue weighted by atomic mass is 10.0. The second-order valence-corrected chi connectivity index (χ2v) is 9.95. The van der Waals surface area contributed by atoms with Crippen LogP contribution >= 0.6 is 11.3 Å². The van der Waals surface area contributed by atoms with Gasteiger partial charge in [-0.25, -0.2) is 4.68 Å². The van der Waals surface area contributed by atoms with Gasteiger partial charge in [-0.1, -0.05) is 30.3 Å². The van der Waals surface area contributed by atoms with Crippen molar-refractivity contribution < 1.29 is 14.0 Å². The van der Waals surface area contributed by atoms with Crippen molar-refractivity contribution in [3.05, 3.63) is 70.3 Å². The molecule has 0 saturated carbocycles. The normalized spacial score (nSPS) is 12.6. The number of hydrogen-bond donors (Lipinski definition) is 1. The van der Waals surface area contributed by atoms with E-state index < -0.39 is 11.6 Å². The highest BCUT2D eigenvalue weighted by Crippen LogP contribution is 2.28. The first-order chi connectivity index (χ1) is 16.3. The molecule has 0 radical (unpaired) electrons. The van der Waals surface area contributed by atoms with Crippen LogP contribution in [-0.2, 0) is 22.7 Å². The average Bonchev–Trinajstić information content (AvgIpc) is 3.55. The minimum Gasteiger partial charge on any atom is -0.464 e. The molecule has 0 spiro atoms. The monoisotopic (exact) mass is 479 g/mol. The number of thiophene rings is 1. The van der Waals surface area contributed by atoms with Gasteiger partial charge in [0.25, 0.3) is 5.91 Å². The van der Waals surface area contributed by atoms with Crippen molar-refractivity contribution in [2.24, 2.45) is 0 Å². The van der Waals surface area contributed by atoms with E-state index in [1.165, 1.54) is 11.3 Å². The fraction of sp³-hybridized carbons (Fsp3) is 0.360. The summed E-state index contributed by atoms with van der Waals surface area (Å²) in [6.07, 6.45) is 0.743. The van der Waals surface area contributed by atoms with E-state index in [1.807, 2.05) is 69.5 Å². The molecule has 0 unspecified atom stereocenters. The highest BCUT2D eigenvalue weighted by molar-refractivity contribution is 7.09. The second-order valence-electron chi connectivity index (χ2n) is 8.91. The van der Waals surface area contributed by atoms with Gasteiger partial charge in [0.05, 0.1) is 12.1 Å². The van der Waals surface area contributed by atoms with Gasteiger partial charge in [-0.2, -0.15) is 0 Å². The van der Waals surface area contributed by atoms with Gasteiger partial charge in [-0.15, -0.1) is 16.4 Å². The van der Waals surface area contributed by atoms with E-state index in [9.17, 15) is 9.59 Å². The first-order valence-corrected chi connectivity index (χ1v) is 12.1. The maximum atomic E-state index is 13.8. The van der Waals surface area contributed by atoms with Crippen LogP contribution in [0, 0.1) is 6.92 Å². The zero-order valence-corrected chi connectivity index (χ0v) is 20.6. The van der Waals surface area contributed by atoms with E-state index in [-0.39, 0.29) is 24.9 Å². The third-order valence-electron chi connectivity index (χ3n) is 5.87. The average molecular weight is 480 g/mol. The molecule has 0 saturated heterocycles. The molecule has 3 aromatic heterocycles. The number of nitrogens with zero attached hydrogens (tertiary/aromatic N) is 4. The van der Waals surface area contributed by atoms with E-state index in [2.05, 4.69) is 15.6 Å². The Balaban J connectivity index is 1.72. The molecule has 1 N–H and O–H groups in total. The Hall–Kier alpha value is -3.46. The summed E-state index contributed by atoms with van der Waals surface area (Å²) in [5, 5.41) is 13.4. The number of carbonyl (C=O) groups excluding carboxylic acids is 2. The predicted molar refractivity (Wildman–Crippen MR) is 131 cm³/mol. The highest BCUT2D eigenvalue weighted by atomic mass is 32.1. The number of rotatable bonds is 9. The quantitative estimate of drug-likeness (QED) is 0.382. The Labute approximate surface area is 202 Å². The number of benzene rings is 1. The van der Waals surface area contributed by atoms with E-state index >= 15 is 0 Å². The van der Waals surface area contributed by atoms with Gasteiger partial charge in [-0.05, 0) is 62.9 Å². The molecule has 3 heterocycles. The van der Waals surface area contributed by atoms with Crippen LogP contribution < -0.4 is 5.32 Å². The summed E-state index contributed by atoms with van der Waals surface area (Å²) in [6.45, 7) is 7.98. The lowest BCUT2D eigenvalue weighted by molar-refractivity contribution is -0.143. The molecule has 1 aromatic carbocycles. The minimum absolute atomic E-state index is 0.0491. The number of nitrogens with one attached hydrogen (secondary N) is 1. The van der Waals surface area contributed by atoms with Crippen LogP contribution in [0.2, 0.25) is 0 Å². The number of para-hydroxylation sites is 1. The Kier molecular flexibility index (Phi) is 6.83. The fourth-order valence-corrected chi connectivity index (χ4v) is 4.36. The topological polar surface area (TPSA) is 93.3 Å². The van der Waals surface area contributed by atoms with Gasteiger partial charge < -0.3 is 14.6 Å². The SMILES string of the molecule is CCC(C)(C)NC(=O)[C@@H](c1ccc(C)o1)N(Cc1cccs1)C(=O)Cn1nnc2ccccc21. The third kappa shape index (κ3) is 5.20. The van der Waals surface area contributed by atoms with Crippen molar-refractivity contribution in [2.75, 3.05) is 0 Å². The molecule has 0 fully saturated rings. The standard InChI is InChI=1S/C25H29N5O3S/c1-5-25(3,4)26-24(32)23(21-13-12-17(2)33-21)29(15-18-9-8-14-34-18)22(31)16-30-20-11-7-6-10-19(20)27-28-30/h6-14,23H,5,15-16H2,1-4H3,(H,26,32)/t23-/m1/s1. The Morgan fingerprint density at radius 3 is 2.65 bits per heavy atom. The van der Waals surface area contributed by atoms with Crippen LogP contribution in [0.15, 0.2) is 58.3 Å². The summed E-state index contributed by atoms with van der Waals surface area (Å²) in [5.41, 5.74) is 1.03. The van der Waals surface area contributed by atoms with Crippen LogP contribution in [0.4, 0.5) is 0 Å². The number of furan rings is 1. The summed E-state index contributed by atoms with van der Waals surface area (Å²) in [6, 6.07) is 14.0. The predicted octanol–water partition coefficient (Wildman–Crippen LogP) is 4.47. The number of fused-ring (bicyclic) bond motifs is 1. The molecule has 2 amide bonds. The van der Waals surface area contributed by atoms with E-state index in [1.54, 1.807) is 21.7 Å². The van der Waals surface area contributed by atoms with Crippen LogP contribution in [0.3, 0.4) is 0 Å². The minimum atomic E-state index is -0.927. The highest BCUT2D eigenvalue weighted by Gasteiger charge is 2.36. The van der Waals surface area contributed by atoms with Crippen molar-refractivity contribution >= 4 is 34.2 Å². The maximum Gasteiger partial charge on any atom is 0.251 e. The largest absolute Gasteiger partial charge is 0.464 e. The van der Waals surface area contributed by atoms with Crippen molar-refractivity contribution in [1.82, 2.24) is 25.2 Å². The molecule has 9 heteroatoms. The zero-order valence-electron chi connectivity index (χ0n) is 19.8. The van der Waals surface area contributed by atoms with Crippen molar-refractivity contribution in [1.29, 1.82) is 0 Å². The summed E-state index contributed by atoms with van der Waals surface area (Å²) in [7, 11) is 0. The molecule has 34 heavy (non-hydrogen) atoms. The van der Waals surface area contributed by atoms with Crippen molar-refractivity contribution in [3.63, 3.8) is 0 Å². The van der Waals surface area contributed by atoms with E-state index in [4.69, 9.17) is 4.42 Å². The zero-order chi connectivity index (χ0) is 24.3. The Morgan fingerprint density at radius 1 is 1.18 bits per heavy atom. The van der Waals surface area contributed by atoms with Gasteiger partial charge in [0.15, 0.2) is 6.04 Å². The van der Waals surface area contributed by atoms with Gasteiger partial charge in [0, 0.05) is 10.4 Å². The van der Waals surface area contributed by atoms with E-state index in [0.29, 0.717) is 17.0 Å². The molecule has 1 atom stereocenters. The third-order valence-corrected chi connectivity index (χ3v) is 6.73. The molecule has 0 aliphatic carbocycles. The second kappa shape index (κ2) is 9.80. The summed E-state index contributed by atoms with van der Waals surface area (Å²) >= 11 is 1.54. The molecule has 0 aliphatic rings. The molecule has 178 valence electrons. The fourth-order valence-electron chi connectivity index (χ4n) is 3.66. The van der Waals surface area contributed by atoms with Gasteiger partial charge in [-0.3, -0.25) is 9.59 Å². The lowest BCUT2D eigenvalue weighted by Gasteiger charge is -2.33. The van der Waals surface area contributed by atoms with Crippen LogP contribution in [0.25, 0.3) is 11.0 Å². The van der Waals surface area contributed by atoms with Crippen LogP contribution in [0.1, 0.15) is 49.6 Å². The van der Waals surface area contributed by atoms with Gasteiger partial charge in [0.1, 0.15) is 23.6 Å². The van der Waals surface area contributed by atoms with Gasteiger partial charge in [0.2, 0.25) is 5.91 Å². The molecule has 4 aromatic rings. The van der Waals surface area contributed by atoms with Gasteiger partial charge >= 0.3 is 0 Å². The first kappa shape index (κ1) is 23.7. The number of aromatic nitrogens is 3. The van der Waals surface area contributed by atoms with E-state index in [0.717, 1.165) is 16.8 Å². The lowest BCUT2D eigenvalue weighted by Crippen LogP contribution is -2.50. The molecular weight excluding hydrogens is 450 g/mol. The molecule has 4 rings (SSSR count). The maximum absolute atomic E-state index is 13.8. The summed E-state index contributed by atoms with van der Waals surface area (Å²) < 4.78 is 7.45. The van der Waals surface area contributed by atoms with Crippen LogP contribution in [0.5, 0.6) is 0 Å². The molecule has 8 nitrogen and oxygen atoms in total.